The maximum Gasteiger partial charge on any atom is 0.221 e. The lowest BCUT2D eigenvalue weighted by Gasteiger charge is -2.50. The number of hydrogen-bond acceptors (Lipinski definition) is 3. The average molecular weight is 268 g/mol. The smallest absolute Gasteiger partial charge is 0.221 e. The molecule has 0 radical (unpaired) electrons. The van der Waals surface area contributed by atoms with Crippen LogP contribution in [0.25, 0.3) is 0 Å². The van der Waals surface area contributed by atoms with Gasteiger partial charge in [-0.15, -0.1) is 0 Å². The minimum atomic E-state index is -1.22. The molecule has 0 amide bonds. The Morgan fingerprint density at radius 2 is 1.89 bits per heavy atom. The minimum absolute atomic E-state index is 0.138. The van der Waals surface area contributed by atoms with Crippen molar-refractivity contribution in [2.24, 2.45) is 0 Å². The summed E-state index contributed by atoms with van der Waals surface area (Å²) < 4.78 is 26.7. The van der Waals surface area contributed by atoms with Crippen LogP contribution in [0.5, 0.6) is 0 Å². The van der Waals surface area contributed by atoms with Crippen LogP contribution in [0.3, 0.4) is 0 Å². The first-order chi connectivity index (χ1) is 8.99. The van der Waals surface area contributed by atoms with E-state index in [0.29, 0.717) is 12.8 Å². The van der Waals surface area contributed by atoms with Gasteiger partial charge in [0.15, 0.2) is 0 Å². The summed E-state index contributed by atoms with van der Waals surface area (Å²) in [5, 5.41) is 10.8. The fourth-order valence-electron chi connectivity index (χ4n) is 3.63. The number of piperidine rings is 2. The second kappa shape index (κ2) is 4.49. The zero-order valence-electron chi connectivity index (χ0n) is 10.9. The lowest BCUT2D eigenvalue weighted by Crippen LogP contribution is -2.55. The molecule has 2 fully saturated rings. The number of hydrogen-bond donors (Lipinski definition) is 1. The van der Waals surface area contributed by atoms with Gasteiger partial charge in [0.25, 0.3) is 0 Å². The summed E-state index contributed by atoms with van der Waals surface area (Å²) in [6.07, 6.45) is 4.17. The predicted octanol–water partition coefficient (Wildman–Crippen LogP) is 2.19. The lowest BCUT2D eigenvalue weighted by molar-refractivity contribution is -0.0895. The van der Waals surface area contributed by atoms with E-state index in [1.165, 1.54) is 6.07 Å². The van der Waals surface area contributed by atoms with Gasteiger partial charge >= 0.3 is 0 Å². The Morgan fingerprint density at radius 1 is 1.26 bits per heavy atom. The largest absolute Gasteiger partial charge is 0.385 e. The van der Waals surface area contributed by atoms with Crippen LogP contribution in [0.2, 0.25) is 0 Å². The Hall–Kier alpha value is -1.07. The molecule has 19 heavy (non-hydrogen) atoms. The molecule has 2 aliphatic rings. The highest BCUT2D eigenvalue weighted by Crippen LogP contribution is 2.43. The second-order valence-corrected chi connectivity index (χ2v) is 5.82. The van der Waals surface area contributed by atoms with Crippen molar-refractivity contribution in [3.8, 4) is 0 Å². The third kappa shape index (κ3) is 2.15. The van der Waals surface area contributed by atoms with Crippen molar-refractivity contribution < 1.29 is 13.9 Å². The van der Waals surface area contributed by atoms with E-state index in [1.807, 2.05) is 0 Å². The summed E-state index contributed by atoms with van der Waals surface area (Å²) in [6, 6.07) is 2.98. The van der Waals surface area contributed by atoms with E-state index >= 15 is 0 Å². The minimum Gasteiger partial charge on any atom is -0.385 e. The molecule has 2 bridgehead atoms. The van der Waals surface area contributed by atoms with Crippen LogP contribution in [0, 0.1) is 11.9 Å². The number of pyridine rings is 1. The lowest BCUT2D eigenvalue weighted by atomic mass is 9.73. The number of halogens is 2. The van der Waals surface area contributed by atoms with Crippen molar-refractivity contribution in [2.45, 2.75) is 49.8 Å². The molecule has 3 nitrogen and oxygen atoms in total. The molecule has 2 unspecified atom stereocenters. The van der Waals surface area contributed by atoms with E-state index in [0.717, 1.165) is 25.3 Å². The standard InChI is InChI=1S/C14H18F2N2O/c1-18-9-3-2-4-10(18)8-14(19,7-9)11-5-6-12(15)17-13(11)16/h5-6,9-10,19H,2-4,7-8H2,1H3. The first-order valence-corrected chi connectivity index (χ1v) is 6.76. The molecule has 3 heterocycles. The van der Waals surface area contributed by atoms with Gasteiger partial charge in [-0.1, -0.05) is 6.42 Å². The van der Waals surface area contributed by atoms with E-state index in [-0.39, 0.29) is 17.6 Å². The summed E-state index contributed by atoms with van der Waals surface area (Å²) in [7, 11) is 2.06. The molecule has 0 spiro atoms. The third-order valence-corrected chi connectivity index (χ3v) is 4.69. The van der Waals surface area contributed by atoms with E-state index in [2.05, 4.69) is 16.9 Å². The van der Waals surface area contributed by atoms with Gasteiger partial charge in [0.1, 0.15) is 0 Å². The molecule has 1 N–H and O–H groups in total. The van der Waals surface area contributed by atoms with Crippen molar-refractivity contribution in [1.29, 1.82) is 0 Å². The molecule has 1 aromatic heterocycles. The van der Waals surface area contributed by atoms with Crippen LogP contribution in [-0.4, -0.2) is 34.1 Å². The fourth-order valence-corrected chi connectivity index (χ4v) is 3.63. The Bertz CT molecular complexity index is 480. The van der Waals surface area contributed by atoms with Gasteiger partial charge in [0.05, 0.1) is 5.60 Å². The van der Waals surface area contributed by atoms with Crippen molar-refractivity contribution in [3.63, 3.8) is 0 Å². The van der Waals surface area contributed by atoms with Gasteiger partial charge in [0.2, 0.25) is 11.9 Å². The summed E-state index contributed by atoms with van der Waals surface area (Å²) in [5.74, 6) is -1.73. The van der Waals surface area contributed by atoms with Crippen molar-refractivity contribution in [3.05, 3.63) is 29.6 Å². The number of rotatable bonds is 1. The molecule has 0 aromatic carbocycles. The van der Waals surface area contributed by atoms with Gasteiger partial charge in [-0.2, -0.15) is 13.8 Å². The number of aliphatic hydroxyl groups is 1. The topological polar surface area (TPSA) is 36.4 Å². The van der Waals surface area contributed by atoms with Crippen LogP contribution in [0.15, 0.2) is 12.1 Å². The number of aromatic nitrogens is 1. The van der Waals surface area contributed by atoms with E-state index < -0.39 is 17.5 Å². The van der Waals surface area contributed by atoms with Crippen molar-refractivity contribution >= 4 is 0 Å². The molecular formula is C14H18F2N2O. The Balaban J connectivity index is 1.95. The maximum atomic E-state index is 13.8. The normalized spacial score (nSPS) is 35.4. The van der Waals surface area contributed by atoms with E-state index in [9.17, 15) is 13.9 Å². The fraction of sp³-hybridized carbons (Fsp3) is 0.643. The Morgan fingerprint density at radius 3 is 2.47 bits per heavy atom. The van der Waals surface area contributed by atoms with Crippen LogP contribution >= 0.6 is 0 Å². The van der Waals surface area contributed by atoms with Gasteiger partial charge in [-0.25, -0.2) is 0 Å². The van der Waals surface area contributed by atoms with E-state index in [1.54, 1.807) is 0 Å². The van der Waals surface area contributed by atoms with Crippen LogP contribution in [0.1, 0.15) is 37.7 Å². The van der Waals surface area contributed by atoms with Crippen molar-refractivity contribution in [1.82, 2.24) is 9.88 Å². The van der Waals surface area contributed by atoms with E-state index in [4.69, 9.17) is 0 Å². The highest BCUT2D eigenvalue weighted by Gasteiger charge is 2.46. The molecular weight excluding hydrogens is 250 g/mol. The van der Waals surface area contributed by atoms with Gasteiger partial charge in [-0.3, -0.25) is 0 Å². The number of nitrogens with zero attached hydrogens (tertiary/aromatic N) is 2. The molecule has 5 heteroatoms. The molecule has 2 atom stereocenters. The van der Waals surface area contributed by atoms with Crippen molar-refractivity contribution in [2.75, 3.05) is 7.05 Å². The molecule has 2 aliphatic heterocycles. The second-order valence-electron chi connectivity index (χ2n) is 5.82. The first-order valence-electron chi connectivity index (χ1n) is 6.76. The molecule has 2 saturated heterocycles. The Labute approximate surface area is 111 Å². The van der Waals surface area contributed by atoms with Gasteiger partial charge in [0, 0.05) is 17.6 Å². The average Bonchev–Trinajstić information content (AvgIpc) is 2.31. The molecule has 104 valence electrons. The monoisotopic (exact) mass is 268 g/mol. The highest BCUT2D eigenvalue weighted by molar-refractivity contribution is 5.22. The summed E-state index contributed by atoms with van der Waals surface area (Å²) in [5.41, 5.74) is -1.08. The summed E-state index contributed by atoms with van der Waals surface area (Å²) >= 11 is 0. The summed E-state index contributed by atoms with van der Waals surface area (Å²) in [4.78, 5) is 5.48. The third-order valence-electron chi connectivity index (χ3n) is 4.69. The van der Waals surface area contributed by atoms with Crippen LogP contribution in [-0.2, 0) is 5.60 Å². The number of fused-ring (bicyclic) bond motifs is 2. The van der Waals surface area contributed by atoms with Crippen LogP contribution in [0.4, 0.5) is 8.78 Å². The van der Waals surface area contributed by atoms with Crippen LogP contribution < -0.4 is 0 Å². The first kappa shape index (κ1) is 12.9. The SMILES string of the molecule is CN1C2CCCC1CC(O)(c1ccc(F)nc1F)C2. The highest BCUT2D eigenvalue weighted by atomic mass is 19.1. The summed E-state index contributed by atoms with van der Waals surface area (Å²) in [6.45, 7) is 0. The maximum absolute atomic E-state index is 13.8. The zero-order chi connectivity index (χ0) is 13.6. The Kier molecular flexibility index (Phi) is 3.06. The predicted molar refractivity (Wildman–Crippen MR) is 66.5 cm³/mol. The molecule has 1 aromatic rings. The molecule has 3 rings (SSSR count). The zero-order valence-corrected chi connectivity index (χ0v) is 10.9. The quantitative estimate of drug-likeness (QED) is 0.793. The molecule has 0 saturated carbocycles. The van der Waals surface area contributed by atoms with Gasteiger partial charge in [-0.05, 0) is 44.9 Å². The van der Waals surface area contributed by atoms with Gasteiger partial charge < -0.3 is 10.0 Å². The molecule has 0 aliphatic carbocycles.